The molecular formula is C6H6Br5Cl. The first kappa shape index (κ1) is 12.8. The molecule has 0 spiro atoms. The summed E-state index contributed by atoms with van der Waals surface area (Å²) in [7, 11) is 0. The monoisotopic (exact) mass is 508 g/mol. The first-order valence-corrected chi connectivity index (χ1v) is 8.32. The minimum Gasteiger partial charge on any atom is -0.120 e. The van der Waals surface area contributed by atoms with E-state index in [1.54, 1.807) is 0 Å². The Morgan fingerprint density at radius 1 is 0.583 bits per heavy atom. The van der Waals surface area contributed by atoms with Crippen LogP contribution in [0.2, 0.25) is 0 Å². The van der Waals surface area contributed by atoms with Crippen molar-refractivity contribution >= 4 is 91.3 Å². The molecule has 72 valence electrons. The number of hydrogen-bond acceptors (Lipinski definition) is 0. The molecule has 4 atom stereocenters. The van der Waals surface area contributed by atoms with Crippen molar-refractivity contribution in [3.63, 3.8) is 0 Å². The highest BCUT2D eigenvalue weighted by atomic mass is 79.9. The third kappa shape index (κ3) is 2.43. The molecule has 0 N–H and O–H groups in total. The van der Waals surface area contributed by atoms with Gasteiger partial charge in [0.2, 0.25) is 0 Å². The topological polar surface area (TPSA) is 0 Å². The zero-order valence-electron chi connectivity index (χ0n) is 5.73. The summed E-state index contributed by atoms with van der Waals surface area (Å²) in [5.74, 6) is 0. The second-order valence-electron chi connectivity index (χ2n) is 2.67. The van der Waals surface area contributed by atoms with E-state index in [0.717, 1.165) is 0 Å². The van der Waals surface area contributed by atoms with Crippen molar-refractivity contribution in [2.24, 2.45) is 0 Å². The van der Waals surface area contributed by atoms with Crippen LogP contribution in [0, 0.1) is 0 Å². The fourth-order valence-corrected chi connectivity index (χ4v) is 6.65. The lowest BCUT2D eigenvalue weighted by atomic mass is 9.99. The zero-order chi connectivity index (χ0) is 9.46. The van der Waals surface area contributed by atoms with Gasteiger partial charge in [0.05, 0.1) is 5.38 Å². The lowest BCUT2D eigenvalue weighted by molar-refractivity contribution is 0.600. The molecule has 1 saturated carbocycles. The van der Waals surface area contributed by atoms with Gasteiger partial charge >= 0.3 is 0 Å². The summed E-state index contributed by atoms with van der Waals surface area (Å²) in [5.41, 5.74) is 0. The quantitative estimate of drug-likeness (QED) is 0.421. The van der Waals surface area contributed by atoms with Crippen LogP contribution in [0.1, 0.15) is 0 Å². The Morgan fingerprint density at radius 3 is 1.17 bits per heavy atom. The van der Waals surface area contributed by atoms with Gasteiger partial charge in [-0.2, -0.15) is 0 Å². The highest BCUT2D eigenvalue weighted by Crippen LogP contribution is 2.43. The molecule has 0 heterocycles. The summed E-state index contributed by atoms with van der Waals surface area (Å²) in [6.07, 6.45) is 0. The van der Waals surface area contributed by atoms with E-state index < -0.39 is 0 Å². The van der Waals surface area contributed by atoms with Gasteiger partial charge in [-0.3, -0.25) is 0 Å². The molecule has 1 rings (SSSR count). The molecule has 1 fully saturated rings. The molecule has 0 aromatic rings. The van der Waals surface area contributed by atoms with Gasteiger partial charge in [0.15, 0.2) is 0 Å². The van der Waals surface area contributed by atoms with Crippen LogP contribution in [0.5, 0.6) is 0 Å². The third-order valence-corrected chi connectivity index (χ3v) is 11.5. The van der Waals surface area contributed by atoms with Crippen LogP contribution in [0.15, 0.2) is 0 Å². The van der Waals surface area contributed by atoms with Crippen LogP contribution in [0.25, 0.3) is 0 Å². The number of hydrogen-bond donors (Lipinski definition) is 0. The summed E-state index contributed by atoms with van der Waals surface area (Å²) in [6, 6.07) is 0. The third-order valence-electron chi connectivity index (χ3n) is 1.83. The van der Waals surface area contributed by atoms with E-state index >= 15 is 0 Å². The Morgan fingerprint density at radius 2 is 0.833 bits per heavy atom. The van der Waals surface area contributed by atoms with Crippen molar-refractivity contribution in [2.45, 2.75) is 29.5 Å². The fraction of sp³-hybridized carbons (Fsp3) is 1.00. The molecule has 1 aliphatic rings. The molecule has 0 unspecified atom stereocenters. The molecule has 0 aromatic carbocycles. The Hall–Kier alpha value is 2.69. The lowest BCUT2D eigenvalue weighted by Gasteiger charge is -2.39. The van der Waals surface area contributed by atoms with Gasteiger partial charge in [-0.1, -0.05) is 79.6 Å². The summed E-state index contributed by atoms with van der Waals surface area (Å²) in [5, 5.41) is 0.0903. The number of halogens is 6. The molecular weight excluding hydrogens is 507 g/mol. The standard InChI is InChI=1S/C6H6Br5Cl/c7-1-2(8)4(10)6(12)5(11)3(1)9/h1-6H/t1?,2-,3-,4-,5-,6?/m1/s1. The summed E-state index contributed by atoms with van der Waals surface area (Å²) < 4.78 is 0. The van der Waals surface area contributed by atoms with Crippen LogP contribution < -0.4 is 0 Å². The molecule has 12 heavy (non-hydrogen) atoms. The largest absolute Gasteiger partial charge is 0.120 e. The van der Waals surface area contributed by atoms with Crippen molar-refractivity contribution < 1.29 is 0 Å². The van der Waals surface area contributed by atoms with E-state index in [1.807, 2.05) is 0 Å². The van der Waals surface area contributed by atoms with E-state index in [2.05, 4.69) is 79.6 Å². The van der Waals surface area contributed by atoms with Crippen LogP contribution in [0.4, 0.5) is 0 Å². The molecule has 0 saturated heterocycles. The second-order valence-corrected chi connectivity index (χ2v) is 8.46. The maximum atomic E-state index is 6.20. The zero-order valence-corrected chi connectivity index (χ0v) is 14.4. The van der Waals surface area contributed by atoms with Crippen molar-refractivity contribution in [3.8, 4) is 0 Å². The van der Waals surface area contributed by atoms with Gasteiger partial charge in [-0.25, -0.2) is 0 Å². The average Bonchev–Trinajstić information content (AvgIpc) is 2.08. The van der Waals surface area contributed by atoms with Crippen LogP contribution in [-0.4, -0.2) is 29.5 Å². The Labute approximate surface area is 119 Å². The first-order valence-electron chi connectivity index (χ1n) is 3.31. The van der Waals surface area contributed by atoms with E-state index in [4.69, 9.17) is 11.6 Å². The average molecular weight is 513 g/mol. The van der Waals surface area contributed by atoms with E-state index in [1.165, 1.54) is 0 Å². The number of alkyl halides is 6. The molecule has 0 aliphatic heterocycles. The Balaban J connectivity index is 2.76. The highest BCUT2D eigenvalue weighted by Gasteiger charge is 2.45. The van der Waals surface area contributed by atoms with Crippen LogP contribution >= 0.6 is 91.3 Å². The van der Waals surface area contributed by atoms with Gasteiger partial charge < -0.3 is 0 Å². The lowest BCUT2D eigenvalue weighted by Crippen LogP contribution is -2.50. The highest BCUT2D eigenvalue weighted by molar-refractivity contribution is 9.15. The molecule has 6 heteroatoms. The summed E-state index contributed by atoms with van der Waals surface area (Å²) in [4.78, 5) is 1.63. The molecule has 0 aromatic heterocycles. The van der Waals surface area contributed by atoms with Gasteiger partial charge in [0.1, 0.15) is 0 Å². The summed E-state index contributed by atoms with van der Waals surface area (Å²) in [6.45, 7) is 0. The van der Waals surface area contributed by atoms with E-state index in [-0.39, 0.29) is 15.0 Å². The Kier molecular flexibility index (Phi) is 5.48. The molecule has 0 nitrogen and oxygen atoms in total. The predicted molar refractivity (Wildman–Crippen MR) is 73.2 cm³/mol. The molecule has 0 bridgehead atoms. The van der Waals surface area contributed by atoms with Gasteiger partial charge in [-0.05, 0) is 0 Å². The van der Waals surface area contributed by atoms with Crippen LogP contribution in [0.3, 0.4) is 0 Å². The normalized spacial score (nSPS) is 55.5. The first-order chi connectivity index (χ1) is 5.46. The SMILES string of the molecule is ClC1[C@H](Br)[C@H](Br)C(Br)[C@@H](Br)[C@H]1Br. The maximum absolute atomic E-state index is 6.20. The van der Waals surface area contributed by atoms with Gasteiger partial charge in [0.25, 0.3) is 0 Å². The second kappa shape index (κ2) is 5.15. The minimum atomic E-state index is 0.0903. The van der Waals surface area contributed by atoms with Crippen LogP contribution in [-0.2, 0) is 0 Å². The van der Waals surface area contributed by atoms with E-state index in [9.17, 15) is 0 Å². The van der Waals surface area contributed by atoms with Crippen molar-refractivity contribution in [1.29, 1.82) is 0 Å². The molecule has 0 amide bonds. The smallest absolute Gasteiger partial charge is 0.0608 e. The minimum absolute atomic E-state index is 0.0903. The van der Waals surface area contributed by atoms with Crippen molar-refractivity contribution in [2.75, 3.05) is 0 Å². The maximum Gasteiger partial charge on any atom is 0.0608 e. The van der Waals surface area contributed by atoms with Gasteiger partial charge in [-0.15, -0.1) is 11.6 Å². The van der Waals surface area contributed by atoms with Crippen molar-refractivity contribution in [3.05, 3.63) is 0 Å². The predicted octanol–water partition coefficient (Wildman–Crippen LogP) is 4.42. The van der Waals surface area contributed by atoms with Gasteiger partial charge in [0, 0.05) is 24.1 Å². The fourth-order valence-electron chi connectivity index (χ4n) is 1.05. The van der Waals surface area contributed by atoms with Crippen molar-refractivity contribution in [1.82, 2.24) is 0 Å². The number of rotatable bonds is 0. The molecule has 0 radical (unpaired) electrons. The molecule has 1 aliphatic carbocycles. The Bertz CT molecular complexity index is 107. The van der Waals surface area contributed by atoms with E-state index in [0.29, 0.717) is 14.5 Å². The summed E-state index contributed by atoms with van der Waals surface area (Å²) >= 11 is 24.1.